The van der Waals surface area contributed by atoms with E-state index in [1.54, 1.807) is 11.8 Å². The Hall–Kier alpha value is -1.29. The van der Waals surface area contributed by atoms with Crippen LogP contribution in [0.25, 0.3) is 0 Å². The summed E-state index contributed by atoms with van der Waals surface area (Å²) < 4.78 is 0. The Balaban J connectivity index is 1.84. The third-order valence-electron chi connectivity index (χ3n) is 3.82. The molecule has 0 unspecified atom stereocenters. The van der Waals surface area contributed by atoms with E-state index in [4.69, 9.17) is 0 Å². The number of ketones is 1. The van der Waals surface area contributed by atoms with Gasteiger partial charge in [-0.25, -0.2) is 0 Å². The highest BCUT2D eigenvalue weighted by atomic mass is 32.2. The van der Waals surface area contributed by atoms with Gasteiger partial charge in [0.2, 0.25) is 5.91 Å². The van der Waals surface area contributed by atoms with Gasteiger partial charge in [-0.1, -0.05) is 31.9 Å². The molecule has 0 aliphatic carbocycles. The van der Waals surface area contributed by atoms with E-state index in [9.17, 15) is 9.59 Å². The molecule has 0 radical (unpaired) electrons. The second-order valence-corrected chi connectivity index (χ2v) is 6.43. The van der Waals surface area contributed by atoms with E-state index in [0.717, 1.165) is 36.4 Å². The van der Waals surface area contributed by atoms with Crippen LogP contribution in [0.4, 0.5) is 0 Å². The van der Waals surface area contributed by atoms with Crippen LogP contribution in [0.2, 0.25) is 0 Å². The molecule has 4 heteroatoms. The molecule has 1 amide bonds. The molecule has 1 aromatic rings. The number of hydrogen-bond donors (Lipinski definition) is 0. The average molecular weight is 305 g/mol. The lowest BCUT2D eigenvalue weighted by molar-refractivity contribution is -0.128. The van der Waals surface area contributed by atoms with Gasteiger partial charge in [0.05, 0.1) is 5.75 Å². The maximum atomic E-state index is 12.2. The summed E-state index contributed by atoms with van der Waals surface area (Å²) in [5.41, 5.74) is 0.751. The molecule has 1 fully saturated rings. The standard InChI is InChI=1S/C17H23NO2S/c1-2-16(19)14-7-9-15(10-8-14)21-13-17(20)18-11-5-3-4-6-12-18/h7-10H,2-6,11-13H2,1H3. The fraction of sp³-hybridized carbons (Fsp3) is 0.529. The van der Waals surface area contributed by atoms with Crippen LogP contribution in [0.3, 0.4) is 0 Å². The minimum atomic E-state index is 0.159. The molecule has 0 bridgehead atoms. The number of nitrogens with zero attached hydrogens (tertiary/aromatic N) is 1. The zero-order chi connectivity index (χ0) is 15.1. The fourth-order valence-corrected chi connectivity index (χ4v) is 3.30. The molecule has 0 atom stereocenters. The normalized spacial score (nSPS) is 15.6. The van der Waals surface area contributed by atoms with Gasteiger partial charge in [-0.15, -0.1) is 11.8 Å². The van der Waals surface area contributed by atoms with Gasteiger partial charge >= 0.3 is 0 Å². The topological polar surface area (TPSA) is 37.4 Å². The van der Waals surface area contributed by atoms with Crippen molar-refractivity contribution in [2.45, 2.75) is 43.9 Å². The molecular weight excluding hydrogens is 282 g/mol. The first-order chi connectivity index (χ1) is 10.2. The zero-order valence-electron chi connectivity index (χ0n) is 12.6. The lowest BCUT2D eigenvalue weighted by Crippen LogP contribution is -2.33. The molecule has 114 valence electrons. The number of carbonyl (C=O) groups excluding carboxylic acids is 2. The molecule has 1 heterocycles. The van der Waals surface area contributed by atoms with Crippen LogP contribution in [0.15, 0.2) is 29.2 Å². The van der Waals surface area contributed by atoms with Crippen molar-refractivity contribution < 1.29 is 9.59 Å². The molecule has 1 aliphatic rings. The molecule has 1 aliphatic heterocycles. The molecule has 1 saturated heterocycles. The highest BCUT2D eigenvalue weighted by Gasteiger charge is 2.15. The number of rotatable bonds is 5. The number of thioether (sulfide) groups is 1. The van der Waals surface area contributed by atoms with Gasteiger partial charge < -0.3 is 4.90 Å². The first-order valence-corrected chi connectivity index (χ1v) is 8.73. The first-order valence-electron chi connectivity index (χ1n) is 7.74. The van der Waals surface area contributed by atoms with Crippen molar-refractivity contribution in [1.29, 1.82) is 0 Å². The maximum Gasteiger partial charge on any atom is 0.232 e. The van der Waals surface area contributed by atoms with Gasteiger partial charge in [-0.3, -0.25) is 9.59 Å². The third-order valence-corrected chi connectivity index (χ3v) is 4.82. The first kappa shape index (κ1) is 16.1. The van der Waals surface area contributed by atoms with E-state index in [0.29, 0.717) is 12.2 Å². The zero-order valence-corrected chi connectivity index (χ0v) is 13.5. The van der Waals surface area contributed by atoms with Crippen molar-refractivity contribution in [2.75, 3.05) is 18.8 Å². The minimum Gasteiger partial charge on any atom is -0.342 e. The Morgan fingerprint density at radius 1 is 1.05 bits per heavy atom. The number of likely N-dealkylation sites (tertiary alicyclic amines) is 1. The van der Waals surface area contributed by atoms with E-state index in [1.807, 2.05) is 36.1 Å². The van der Waals surface area contributed by atoms with E-state index in [1.165, 1.54) is 12.8 Å². The van der Waals surface area contributed by atoms with Crippen molar-refractivity contribution >= 4 is 23.5 Å². The van der Waals surface area contributed by atoms with Crippen LogP contribution in [-0.4, -0.2) is 35.4 Å². The summed E-state index contributed by atoms with van der Waals surface area (Å²) in [7, 11) is 0. The van der Waals surface area contributed by atoms with Gasteiger partial charge in [0.15, 0.2) is 5.78 Å². The van der Waals surface area contributed by atoms with Crippen LogP contribution in [0, 0.1) is 0 Å². The number of Topliss-reactive ketones (excluding diaryl/α,β-unsaturated/α-hetero) is 1. The van der Waals surface area contributed by atoms with Gasteiger partial charge in [0.1, 0.15) is 0 Å². The lowest BCUT2D eigenvalue weighted by atomic mass is 10.1. The number of carbonyl (C=O) groups is 2. The van der Waals surface area contributed by atoms with E-state index in [-0.39, 0.29) is 11.7 Å². The van der Waals surface area contributed by atoms with Crippen molar-refractivity contribution in [2.24, 2.45) is 0 Å². The molecular formula is C17H23NO2S. The summed E-state index contributed by atoms with van der Waals surface area (Å²) in [5, 5.41) is 0. The van der Waals surface area contributed by atoms with E-state index in [2.05, 4.69) is 0 Å². The van der Waals surface area contributed by atoms with Crippen LogP contribution < -0.4 is 0 Å². The van der Waals surface area contributed by atoms with Gasteiger partial charge in [-0.05, 0) is 25.0 Å². The van der Waals surface area contributed by atoms with Gasteiger partial charge in [0.25, 0.3) is 0 Å². The highest BCUT2D eigenvalue weighted by Crippen LogP contribution is 2.20. The summed E-state index contributed by atoms with van der Waals surface area (Å²) in [6, 6.07) is 7.57. The van der Waals surface area contributed by atoms with Gasteiger partial charge in [0, 0.05) is 30.0 Å². The summed E-state index contributed by atoms with van der Waals surface area (Å²) >= 11 is 1.55. The predicted octanol–water partition coefficient (Wildman–Crippen LogP) is 3.77. The van der Waals surface area contributed by atoms with Crippen LogP contribution in [0.5, 0.6) is 0 Å². The SMILES string of the molecule is CCC(=O)c1ccc(SCC(=O)N2CCCCCC2)cc1. The quantitative estimate of drug-likeness (QED) is 0.614. The highest BCUT2D eigenvalue weighted by molar-refractivity contribution is 8.00. The Labute approximate surface area is 131 Å². The molecule has 0 aromatic heterocycles. The third kappa shape index (κ3) is 4.88. The van der Waals surface area contributed by atoms with E-state index < -0.39 is 0 Å². The summed E-state index contributed by atoms with van der Waals surface area (Å²) in [6.45, 7) is 3.68. The summed E-state index contributed by atoms with van der Waals surface area (Å²) in [6.07, 6.45) is 5.27. The molecule has 21 heavy (non-hydrogen) atoms. The van der Waals surface area contributed by atoms with Crippen molar-refractivity contribution in [3.63, 3.8) is 0 Å². The Morgan fingerprint density at radius 2 is 1.67 bits per heavy atom. The molecule has 0 spiro atoms. The lowest BCUT2D eigenvalue weighted by Gasteiger charge is -2.19. The van der Waals surface area contributed by atoms with Crippen molar-refractivity contribution in [3.8, 4) is 0 Å². The molecule has 3 nitrogen and oxygen atoms in total. The second-order valence-electron chi connectivity index (χ2n) is 5.38. The maximum absolute atomic E-state index is 12.2. The molecule has 1 aromatic carbocycles. The van der Waals surface area contributed by atoms with Gasteiger partial charge in [-0.2, -0.15) is 0 Å². The van der Waals surface area contributed by atoms with Crippen LogP contribution >= 0.6 is 11.8 Å². The second kappa shape index (κ2) is 8.23. The van der Waals surface area contributed by atoms with Crippen LogP contribution in [-0.2, 0) is 4.79 Å². The molecule has 2 rings (SSSR count). The largest absolute Gasteiger partial charge is 0.342 e. The molecule has 0 saturated carbocycles. The van der Waals surface area contributed by atoms with Crippen LogP contribution in [0.1, 0.15) is 49.4 Å². The Bertz CT molecular complexity index is 476. The predicted molar refractivity (Wildman–Crippen MR) is 86.8 cm³/mol. The van der Waals surface area contributed by atoms with E-state index >= 15 is 0 Å². The fourth-order valence-electron chi connectivity index (χ4n) is 2.50. The number of hydrogen-bond acceptors (Lipinski definition) is 3. The Kier molecular flexibility index (Phi) is 6.30. The Morgan fingerprint density at radius 3 is 2.24 bits per heavy atom. The van der Waals surface area contributed by atoms with Crippen molar-refractivity contribution in [1.82, 2.24) is 4.90 Å². The minimum absolute atomic E-state index is 0.159. The number of benzene rings is 1. The molecule has 0 N–H and O–H groups in total. The summed E-state index contributed by atoms with van der Waals surface area (Å²) in [4.78, 5) is 26.8. The smallest absolute Gasteiger partial charge is 0.232 e. The average Bonchev–Trinajstić information content (AvgIpc) is 2.81. The number of amides is 1. The van der Waals surface area contributed by atoms with Crippen molar-refractivity contribution in [3.05, 3.63) is 29.8 Å². The monoisotopic (exact) mass is 305 g/mol. The summed E-state index contributed by atoms with van der Waals surface area (Å²) in [5.74, 6) is 0.879.